The van der Waals surface area contributed by atoms with Crippen LogP contribution in [-0.2, 0) is 6.54 Å². The van der Waals surface area contributed by atoms with Crippen LogP contribution in [0.1, 0.15) is 5.69 Å². The third-order valence-electron chi connectivity index (χ3n) is 2.65. The Kier molecular flexibility index (Phi) is 3.90. The third kappa shape index (κ3) is 2.80. The van der Waals surface area contributed by atoms with Gasteiger partial charge in [0.1, 0.15) is 0 Å². The van der Waals surface area contributed by atoms with E-state index in [0.29, 0.717) is 5.75 Å². The molecule has 4 nitrogen and oxygen atoms in total. The summed E-state index contributed by atoms with van der Waals surface area (Å²) in [6.45, 7) is 3.01. The first kappa shape index (κ1) is 11.5. The first-order valence-corrected chi connectivity index (χ1v) is 6.51. The summed E-state index contributed by atoms with van der Waals surface area (Å²) in [5.74, 6) is 2.73. The second-order valence-corrected chi connectivity index (χ2v) is 5.00. The second-order valence-electron chi connectivity index (χ2n) is 3.78. The van der Waals surface area contributed by atoms with Crippen molar-refractivity contribution in [2.75, 3.05) is 31.7 Å². The van der Waals surface area contributed by atoms with Gasteiger partial charge in [0.05, 0.1) is 7.11 Å². The van der Waals surface area contributed by atoms with Crippen LogP contribution in [0.5, 0.6) is 5.75 Å². The van der Waals surface area contributed by atoms with Gasteiger partial charge in [0, 0.05) is 49.1 Å². The van der Waals surface area contributed by atoms with E-state index in [2.05, 4.69) is 9.88 Å². The summed E-state index contributed by atoms with van der Waals surface area (Å²) in [6.07, 6.45) is 1.64. The van der Waals surface area contributed by atoms with Gasteiger partial charge in [0.2, 0.25) is 5.43 Å². The predicted molar refractivity (Wildman–Crippen MR) is 66.2 cm³/mol. The van der Waals surface area contributed by atoms with Gasteiger partial charge in [-0.1, -0.05) is 0 Å². The molecule has 1 fully saturated rings. The lowest BCUT2D eigenvalue weighted by Gasteiger charge is -2.25. The van der Waals surface area contributed by atoms with E-state index in [0.717, 1.165) is 25.3 Å². The number of hydrogen-bond donors (Lipinski definition) is 1. The van der Waals surface area contributed by atoms with E-state index in [1.54, 1.807) is 12.3 Å². The standard InChI is InChI=1S/C11H16N2O2S/c1-15-11-7-12-9(6-10(11)14)8-13-2-4-16-5-3-13/h6-7H,2-5,8H2,1H3,(H,12,14). The maximum absolute atomic E-state index is 11.5. The average Bonchev–Trinajstić information content (AvgIpc) is 2.31. The van der Waals surface area contributed by atoms with Crippen molar-refractivity contribution in [2.24, 2.45) is 0 Å². The summed E-state index contributed by atoms with van der Waals surface area (Å²) in [5.41, 5.74) is 0.903. The number of hydrogen-bond acceptors (Lipinski definition) is 4. The molecule has 0 spiro atoms. The highest BCUT2D eigenvalue weighted by atomic mass is 32.2. The minimum Gasteiger partial charge on any atom is -0.491 e. The zero-order valence-corrected chi connectivity index (χ0v) is 10.2. The lowest BCUT2D eigenvalue weighted by atomic mass is 10.3. The zero-order valence-electron chi connectivity index (χ0n) is 9.36. The summed E-state index contributed by atoms with van der Waals surface area (Å²) < 4.78 is 4.93. The van der Waals surface area contributed by atoms with Crippen LogP contribution in [0.25, 0.3) is 0 Å². The van der Waals surface area contributed by atoms with Crippen molar-refractivity contribution < 1.29 is 4.74 Å². The van der Waals surface area contributed by atoms with Crippen LogP contribution in [0.4, 0.5) is 0 Å². The summed E-state index contributed by atoms with van der Waals surface area (Å²) in [5, 5.41) is 0. The minimum absolute atomic E-state index is 0.0531. The topological polar surface area (TPSA) is 45.3 Å². The lowest BCUT2D eigenvalue weighted by molar-refractivity contribution is 0.290. The van der Waals surface area contributed by atoms with Crippen LogP contribution in [0.15, 0.2) is 17.1 Å². The van der Waals surface area contributed by atoms with Crippen LogP contribution in [0.2, 0.25) is 0 Å². The number of methoxy groups -OCH3 is 1. The number of rotatable bonds is 3. The van der Waals surface area contributed by atoms with Crippen molar-refractivity contribution >= 4 is 11.8 Å². The van der Waals surface area contributed by atoms with E-state index in [1.807, 2.05) is 11.8 Å². The second kappa shape index (κ2) is 5.41. The first-order chi connectivity index (χ1) is 7.79. The van der Waals surface area contributed by atoms with E-state index in [4.69, 9.17) is 4.74 Å². The quantitative estimate of drug-likeness (QED) is 0.854. The van der Waals surface area contributed by atoms with E-state index < -0.39 is 0 Å². The average molecular weight is 240 g/mol. The van der Waals surface area contributed by atoms with E-state index >= 15 is 0 Å². The molecule has 0 atom stereocenters. The molecule has 1 aromatic rings. The predicted octanol–water partition coefficient (Wildman–Crippen LogP) is 0.932. The molecule has 2 rings (SSSR count). The Morgan fingerprint density at radius 1 is 1.50 bits per heavy atom. The number of thioether (sulfide) groups is 1. The number of aromatic nitrogens is 1. The molecule has 0 amide bonds. The molecular formula is C11H16N2O2S. The molecule has 0 saturated carbocycles. The summed E-state index contributed by atoms with van der Waals surface area (Å²) in [6, 6.07) is 1.63. The fourth-order valence-corrected chi connectivity index (χ4v) is 2.73. The highest BCUT2D eigenvalue weighted by molar-refractivity contribution is 7.99. The summed E-state index contributed by atoms with van der Waals surface area (Å²) in [4.78, 5) is 17.0. The molecule has 1 aliphatic rings. The van der Waals surface area contributed by atoms with Crippen molar-refractivity contribution in [1.29, 1.82) is 0 Å². The van der Waals surface area contributed by atoms with Gasteiger partial charge in [-0.3, -0.25) is 9.69 Å². The molecule has 0 aromatic carbocycles. The van der Waals surface area contributed by atoms with Gasteiger partial charge in [0.15, 0.2) is 5.75 Å². The molecule has 1 saturated heterocycles. The van der Waals surface area contributed by atoms with Gasteiger partial charge in [-0.05, 0) is 0 Å². The molecule has 0 radical (unpaired) electrons. The molecule has 5 heteroatoms. The van der Waals surface area contributed by atoms with Gasteiger partial charge in [-0.25, -0.2) is 0 Å². The highest BCUT2D eigenvalue weighted by Gasteiger charge is 2.11. The minimum atomic E-state index is -0.0531. The Bertz CT molecular complexity index is 399. The zero-order chi connectivity index (χ0) is 11.4. The normalized spacial score (nSPS) is 17.3. The molecule has 0 aliphatic carbocycles. The SMILES string of the molecule is COc1c[nH]c(CN2CCSCC2)cc1=O. The summed E-state index contributed by atoms with van der Waals surface area (Å²) >= 11 is 1.98. The fraction of sp³-hybridized carbons (Fsp3) is 0.545. The van der Waals surface area contributed by atoms with Gasteiger partial charge < -0.3 is 9.72 Å². The smallest absolute Gasteiger partial charge is 0.223 e. The highest BCUT2D eigenvalue weighted by Crippen LogP contribution is 2.11. The molecule has 1 N–H and O–H groups in total. The molecule has 1 aromatic heterocycles. The third-order valence-corrected chi connectivity index (χ3v) is 3.60. The number of aromatic amines is 1. The van der Waals surface area contributed by atoms with Gasteiger partial charge in [-0.15, -0.1) is 0 Å². The monoisotopic (exact) mass is 240 g/mol. The van der Waals surface area contributed by atoms with Crippen molar-refractivity contribution in [3.63, 3.8) is 0 Å². The molecule has 88 valence electrons. The number of nitrogens with one attached hydrogen (secondary N) is 1. The van der Waals surface area contributed by atoms with Crippen molar-refractivity contribution in [3.8, 4) is 5.75 Å². The van der Waals surface area contributed by atoms with Gasteiger partial charge in [-0.2, -0.15) is 11.8 Å². The van der Waals surface area contributed by atoms with Crippen molar-refractivity contribution in [2.45, 2.75) is 6.54 Å². The maximum atomic E-state index is 11.5. The number of ether oxygens (including phenoxy) is 1. The van der Waals surface area contributed by atoms with Crippen molar-refractivity contribution in [1.82, 2.24) is 9.88 Å². The molecule has 16 heavy (non-hydrogen) atoms. The Hall–Kier alpha value is -0.940. The Morgan fingerprint density at radius 3 is 2.88 bits per heavy atom. The van der Waals surface area contributed by atoms with E-state index in [9.17, 15) is 4.79 Å². The fourth-order valence-electron chi connectivity index (χ4n) is 1.75. The Labute approximate surface area is 99.0 Å². The van der Waals surface area contributed by atoms with E-state index in [1.165, 1.54) is 18.6 Å². The molecule has 0 unspecified atom stereocenters. The summed E-state index contributed by atoms with van der Waals surface area (Å²) in [7, 11) is 1.51. The van der Waals surface area contributed by atoms with E-state index in [-0.39, 0.29) is 5.43 Å². The van der Waals surface area contributed by atoms with Crippen LogP contribution < -0.4 is 10.2 Å². The molecule has 1 aliphatic heterocycles. The number of nitrogens with zero attached hydrogens (tertiary/aromatic N) is 1. The molecule has 0 bridgehead atoms. The van der Waals surface area contributed by atoms with Crippen LogP contribution in [-0.4, -0.2) is 41.6 Å². The van der Waals surface area contributed by atoms with Crippen molar-refractivity contribution in [3.05, 3.63) is 28.2 Å². The van der Waals surface area contributed by atoms with Gasteiger partial charge >= 0.3 is 0 Å². The maximum Gasteiger partial charge on any atom is 0.223 e. The molecule has 2 heterocycles. The Morgan fingerprint density at radius 2 is 2.25 bits per heavy atom. The lowest BCUT2D eigenvalue weighted by Crippen LogP contribution is -2.32. The van der Waals surface area contributed by atoms with Crippen LogP contribution in [0.3, 0.4) is 0 Å². The number of pyridine rings is 1. The van der Waals surface area contributed by atoms with Crippen LogP contribution >= 0.6 is 11.8 Å². The van der Waals surface area contributed by atoms with Gasteiger partial charge in [0.25, 0.3) is 0 Å². The molecular weight excluding hydrogens is 224 g/mol. The van der Waals surface area contributed by atoms with Crippen LogP contribution in [0, 0.1) is 0 Å². The first-order valence-electron chi connectivity index (χ1n) is 5.35. The number of H-pyrrole nitrogens is 1. The Balaban J connectivity index is 2.04. The largest absolute Gasteiger partial charge is 0.491 e.